The Morgan fingerprint density at radius 3 is 2.74 bits per heavy atom. The minimum atomic E-state index is -0.350. The monoisotopic (exact) mass is 336 g/mol. The van der Waals surface area contributed by atoms with Crippen LogP contribution in [-0.4, -0.2) is 24.2 Å². The van der Waals surface area contributed by atoms with Gasteiger partial charge in [-0.25, -0.2) is 0 Å². The van der Waals surface area contributed by atoms with E-state index in [4.69, 9.17) is 21.1 Å². The molecule has 0 aliphatic heterocycles. The zero-order chi connectivity index (χ0) is 16.8. The molecule has 0 saturated carbocycles. The van der Waals surface area contributed by atoms with Gasteiger partial charge in [0, 0.05) is 11.9 Å². The molecular weight excluding hydrogens is 320 g/mol. The topological polar surface area (TPSA) is 69.6 Å². The largest absolute Gasteiger partial charge is 0.495 e. The van der Waals surface area contributed by atoms with Crippen LogP contribution >= 0.6 is 11.6 Å². The highest BCUT2D eigenvalue weighted by molar-refractivity contribution is 6.32. The van der Waals surface area contributed by atoms with Crippen LogP contribution in [0, 0.1) is 0 Å². The molecule has 0 spiro atoms. The highest BCUT2D eigenvalue weighted by Crippen LogP contribution is 2.27. The van der Waals surface area contributed by atoms with E-state index in [-0.39, 0.29) is 23.8 Å². The number of pyridine rings is 1. The molecule has 0 fully saturated rings. The third-order valence-electron chi connectivity index (χ3n) is 3.03. The molecule has 7 heteroatoms. The standard InChI is InChI=1S/C16H17ClN2O4/c1-3-23-14-5-4-8-19(16(14)21)10-15(20)18-11-6-7-13(22-2)12(17)9-11/h4-9H,3,10H2,1-2H3,(H,18,20). The van der Waals surface area contributed by atoms with Crippen LogP contribution in [0.1, 0.15) is 6.92 Å². The van der Waals surface area contributed by atoms with Gasteiger partial charge in [-0.05, 0) is 37.3 Å². The Kier molecular flexibility index (Phi) is 5.65. The van der Waals surface area contributed by atoms with E-state index in [0.717, 1.165) is 0 Å². The quantitative estimate of drug-likeness (QED) is 0.880. The number of hydrogen-bond acceptors (Lipinski definition) is 4. The van der Waals surface area contributed by atoms with E-state index < -0.39 is 0 Å². The number of anilines is 1. The maximum absolute atomic E-state index is 12.1. The second-order valence-corrected chi connectivity index (χ2v) is 5.04. The van der Waals surface area contributed by atoms with E-state index in [1.165, 1.54) is 17.9 Å². The summed E-state index contributed by atoms with van der Waals surface area (Å²) in [6.07, 6.45) is 1.53. The lowest BCUT2D eigenvalue weighted by atomic mass is 10.3. The number of halogens is 1. The predicted molar refractivity (Wildman–Crippen MR) is 88.5 cm³/mol. The molecule has 0 radical (unpaired) electrons. The smallest absolute Gasteiger partial charge is 0.293 e. The van der Waals surface area contributed by atoms with Gasteiger partial charge in [-0.2, -0.15) is 0 Å². The fourth-order valence-electron chi connectivity index (χ4n) is 2.00. The Morgan fingerprint density at radius 1 is 1.30 bits per heavy atom. The SMILES string of the molecule is CCOc1cccn(CC(=O)Nc2ccc(OC)c(Cl)c2)c1=O. The summed E-state index contributed by atoms with van der Waals surface area (Å²) in [6, 6.07) is 8.13. The normalized spacial score (nSPS) is 10.2. The van der Waals surface area contributed by atoms with Crippen LogP contribution in [0.3, 0.4) is 0 Å². The van der Waals surface area contributed by atoms with Crippen LogP contribution in [0.25, 0.3) is 0 Å². The fourth-order valence-corrected chi connectivity index (χ4v) is 2.26. The average Bonchev–Trinajstić information content (AvgIpc) is 2.51. The van der Waals surface area contributed by atoms with Crippen LogP contribution in [0.4, 0.5) is 5.69 Å². The lowest BCUT2D eigenvalue weighted by molar-refractivity contribution is -0.116. The predicted octanol–water partition coefficient (Wildman–Crippen LogP) is 2.55. The average molecular weight is 337 g/mol. The van der Waals surface area contributed by atoms with Crippen LogP contribution < -0.4 is 20.3 Å². The van der Waals surface area contributed by atoms with E-state index in [1.54, 1.807) is 37.3 Å². The minimum absolute atomic E-state index is 0.122. The van der Waals surface area contributed by atoms with Crippen molar-refractivity contribution in [2.75, 3.05) is 19.0 Å². The van der Waals surface area contributed by atoms with Crippen molar-refractivity contribution in [3.8, 4) is 11.5 Å². The minimum Gasteiger partial charge on any atom is -0.495 e. The van der Waals surface area contributed by atoms with Gasteiger partial charge in [0.15, 0.2) is 5.75 Å². The molecule has 1 amide bonds. The van der Waals surface area contributed by atoms with Crippen molar-refractivity contribution in [1.82, 2.24) is 4.57 Å². The van der Waals surface area contributed by atoms with E-state index >= 15 is 0 Å². The zero-order valence-corrected chi connectivity index (χ0v) is 13.6. The second kappa shape index (κ2) is 7.69. The number of nitrogens with zero attached hydrogens (tertiary/aromatic N) is 1. The van der Waals surface area contributed by atoms with Crippen molar-refractivity contribution in [3.63, 3.8) is 0 Å². The van der Waals surface area contributed by atoms with Gasteiger partial charge < -0.3 is 19.4 Å². The molecule has 1 N–H and O–H groups in total. The summed E-state index contributed by atoms with van der Waals surface area (Å²) in [5.41, 5.74) is 0.173. The molecule has 0 aliphatic rings. The number of aromatic nitrogens is 1. The molecule has 1 heterocycles. The van der Waals surface area contributed by atoms with Crippen molar-refractivity contribution in [3.05, 3.63) is 51.9 Å². The van der Waals surface area contributed by atoms with Gasteiger partial charge in [0.05, 0.1) is 18.7 Å². The van der Waals surface area contributed by atoms with E-state index in [1.807, 2.05) is 0 Å². The Labute approximate surface area is 138 Å². The molecule has 6 nitrogen and oxygen atoms in total. The van der Waals surface area contributed by atoms with Crippen LogP contribution in [0.2, 0.25) is 5.02 Å². The van der Waals surface area contributed by atoms with Gasteiger partial charge in [0.2, 0.25) is 5.91 Å². The van der Waals surface area contributed by atoms with Crippen molar-refractivity contribution in [2.45, 2.75) is 13.5 Å². The van der Waals surface area contributed by atoms with Crippen LogP contribution in [0.5, 0.6) is 11.5 Å². The number of nitrogens with one attached hydrogen (secondary N) is 1. The molecule has 2 rings (SSSR count). The van der Waals surface area contributed by atoms with Gasteiger partial charge >= 0.3 is 0 Å². The summed E-state index contributed by atoms with van der Waals surface area (Å²) in [7, 11) is 1.51. The molecule has 122 valence electrons. The number of benzene rings is 1. The van der Waals surface area contributed by atoms with Gasteiger partial charge in [-0.15, -0.1) is 0 Å². The maximum atomic E-state index is 12.1. The third kappa shape index (κ3) is 4.26. The Hall–Kier alpha value is -2.47. The number of methoxy groups -OCH3 is 1. The van der Waals surface area contributed by atoms with Crippen LogP contribution in [-0.2, 0) is 11.3 Å². The Morgan fingerprint density at radius 2 is 2.09 bits per heavy atom. The van der Waals surface area contributed by atoms with Gasteiger partial charge in [0.1, 0.15) is 12.3 Å². The lowest BCUT2D eigenvalue weighted by Gasteiger charge is -2.10. The third-order valence-corrected chi connectivity index (χ3v) is 3.33. The molecule has 1 aromatic heterocycles. The number of carbonyl (C=O) groups excluding carboxylic acids is 1. The van der Waals surface area contributed by atoms with E-state index in [2.05, 4.69) is 5.32 Å². The zero-order valence-electron chi connectivity index (χ0n) is 12.8. The molecule has 0 aliphatic carbocycles. The molecule has 23 heavy (non-hydrogen) atoms. The van der Waals surface area contributed by atoms with E-state index in [0.29, 0.717) is 23.1 Å². The van der Waals surface area contributed by atoms with Crippen molar-refractivity contribution in [1.29, 1.82) is 0 Å². The molecule has 1 aromatic carbocycles. The first-order valence-electron chi connectivity index (χ1n) is 7.00. The maximum Gasteiger partial charge on any atom is 0.293 e. The number of rotatable bonds is 6. The Bertz CT molecular complexity index is 758. The Balaban J connectivity index is 2.09. The van der Waals surface area contributed by atoms with E-state index in [9.17, 15) is 9.59 Å². The summed E-state index contributed by atoms with van der Waals surface area (Å²) in [6.45, 7) is 2.05. The molecule has 0 unspecified atom stereocenters. The molecular formula is C16H17ClN2O4. The van der Waals surface area contributed by atoms with Crippen molar-refractivity contribution < 1.29 is 14.3 Å². The highest BCUT2D eigenvalue weighted by Gasteiger charge is 2.09. The van der Waals surface area contributed by atoms with Gasteiger partial charge in [-0.1, -0.05) is 11.6 Å². The summed E-state index contributed by atoms with van der Waals surface area (Å²) in [5.74, 6) is 0.391. The number of hydrogen-bond donors (Lipinski definition) is 1. The number of amides is 1. The lowest BCUT2D eigenvalue weighted by Crippen LogP contribution is -2.28. The number of ether oxygens (including phenoxy) is 2. The summed E-state index contributed by atoms with van der Waals surface area (Å²) >= 11 is 6.01. The van der Waals surface area contributed by atoms with Gasteiger partial charge in [-0.3, -0.25) is 9.59 Å². The van der Waals surface area contributed by atoms with Crippen molar-refractivity contribution >= 4 is 23.2 Å². The van der Waals surface area contributed by atoms with Crippen molar-refractivity contribution in [2.24, 2.45) is 0 Å². The molecule has 0 bridgehead atoms. The fraction of sp³-hybridized carbons (Fsp3) is 0.250. The first kappa shape index (κ1) is 16.9. The summed E-state index contributed by atoms with van der Waals surface area (Å²) < 4.78 is 11.6. The molecule has 2 aromatic rings. The summed E-state index contributed by atoms with van der Waals surface area (Å²) in [4.78, 5) is 24.2. The number of carbonyl (C=O) groups is 1. The first-order chi connectivity index (χ1) is 11.0. The second-order valence-electron chi connectivity index (χ2n) is 4.64. The molecule has 0 saturated heterocycles. The first-order valence-corrected chi connectivity index (χ1v) is 7.38. The summed E-state index contributed by atoms with van der Waals surface area (Å²) in [5, 5.41) is 3.07. The van der Waals surface area contributed by atoms with Crippen LogP contribution in [0.15, 0.2) is 41.3 Å². The highest BCUT2D eigenvalue weighted by atomic mass is 35.5. The molecule has 0 atom stereocenters. The van der Waals surface area contributed by atoms with Gasteiger partial charge in [0.25, 0.3) is 5.56 Å².